The van der Waals surface area contributed by atoms with Crippen molar-refractivity contribution in [2.45, 2.75) is 11.8 Å². The topological polar surface area (TPSA) is 101 Å². The molecule has 0 aliphatic carbocycles. The summed E-state index contributed by atoms with van der Waals surface area (Å²) >= 11 is 0. The molecular weight excluding hydrogens is 278 g/mol. The molecule has 6 nitrogen and oxygen atoms in total. The van der Waals surface area contributed by atoms with Crippen molar-refractivity contribution in [1.82, 2.24) is 0 Å². The molecule has 0 saturated carbocycles. The monoisotopic (exact) mass is 291 g/mol. The Kier molecular flexibility index (Phi) is 4.60. The van der Waals surface area contributed by atoms with Gasteiger partial charge in [0, 0.05) is 12.0 Å². The van der Waals surface area contributed by atoms with Gasteiger partial charge in [-0.05, 0) is 24.3 Å². The summed E-state index contributed by atoms with van der Waals surface area (Å²) in [7, 11) is -7.32. The van der Waals surface area contributed by atoms with Crippen LogP contribution in [0.5, 0.6) is 0 Å². The predicted octanol–water partition coefficient (Wildman–Crippen LogP) is 1.07. The third-order valence-corrected chi connectivity index (χ3v) is 4.55. The third kappa shape index (κ3) is 4.55. The first kappa shape index (κ1) is 14.8. The Morgan fingerprint density at radius 2 is 1.72 bits per heavy atom. The van der Waals surface area contributed by atoms with E-state index in [2.05, 4.69) is 4.99 Å². The van der Waals surface area contributed by atoms with Crippen LogP contribution in [-0.2, 0) is 20.0 Å². The van der Waals surface area contributed by atoms with E-state index in [1.54, 1.807) is 6.92 Å². The van der Waals surface area contributed by atoms with Gasteiger partial charge in [-0.1, -0.05) is 6.92 Å². The zero-order valence-electron chi connectivity index (χ0n) is 9.64. The van der Waals surface area contributed by atoms with Crippen molar-refractivity contribution >= 4 is 31.9 Å². The van der Waals surface area contributed by atoms with Gasteiger partial charge in [-0.25, -0.2) is 8.42 Å². The van der Waals surface area contributed by atoms with Crippen molar-refractivity contribution in [3.8, 4) is 0 Å². The van der Waals surface area contributed by atoms with E-state index in [0.717, 1.165) is 0 Å². The fraction of sp³-hybridized carbons (Fsp3) is 0.300. The summed E-state index contributed by atoms with van der Waals surface area (Å²) in [4.78, 5) is 3.65. The molecule has 0 radical (unpaired) electrons. The van der Waals surface area contributed by atoms with Gasteiger partial charge >= 0.3 is 0 Å². The second kappa shape index (κ2) is 5.59. The molecule has 0 saturated heterocycles. The number of benzene rings is 1. The Bertz CT molecular complexity index is 629. The van der Waals surface area contributed by atoms with Crippen LogP contribution in [0.4, 0.5) is 5.69 Å². The zero-order chi connectivity index (χ0) is 13.8. The zero-order valence-corrected chi connectivity index (χ0v) is 11.3. The highest BCUT2D eigenvalue weighted by molar-refractivity contribution is 7.91. The summed E-state index contributed by atoms with van der Waals surface area (Å²) in [6.07, 6.45) is 1.25. The molecule has 1 aromatic carbocycles. The standard InChI is InChI=1S/C10H13NO5S2/c1-2-17(12,13)8-7-11-9-3-5-10(6-4-9)18(14,15)16/h3-7H,2,8H2,1H3,(H,14,15,16). The first-order chi connectivity index (χ1) is 8.24. The summed E-state index contributed by atoms with van der Waals surface area (Å²) in [6.45, 7) is 1.55. The van der Waals surface area contributed by atoms with Crippen molar-refractivity contribution in [3.05, 3.63) is 24.3 Å². The molecule has 0 amide bonds. The highest BCUT2D eigenvalue weighted by atomic mass is 32.2. The quantitative estimate of drug-likeness (QED) is 0.646. The van der Waals surface area contributed by atoms with Crippen LogP contribution in [0.25, 0.3) is 0 Å². The van der Waals surface area contributed by atoms with Gasteiger partial charge in [-0.15, -0.1) is 0 Å². The fourth-order valence-corrected chi connectivity index (χ4v) is 2.10. The van der Waals surface area contributed by atoms with Crippen molar-refractivity contribution in [3.63, 3.8) is 0 Å². The first-order valence-electron chi connectivity index (χ1n) is 5.05. The SMILES string of the molecule is CCS(=O)(=O)CC=Nc1ccc(S(=O)(=O)O)cc1. The van der Waals surface area contributed by atoms with Gasteiger partial charge in [-0.2, -0.15) is 8.42 Å². The molecular formula is C10H13NO5S2. The van der Waals surface area contributed by atoms with Gasteiger partial charge < -0.3 is 0 Å². The minimum Gasteiger partial charge on any atom is -0.282 e. The lowest BCUT2D eigenvalue weighted by Gasteiger charge is -1.98. The Morgan fingerprint density at radius 1 is 1.17 bits per heavy atom. The van der Waals surface area contributed by atoms with Crippen LogP contribution >= 0.6 is 0 Å². The highest BCUT2D eigenvalue weighted by Gasteiger charge is 2.08. The summed E-state index contributed by atoms with van der Waals surface area (Å²) in [5, 5.41) is 0. The van der Waals surface area contributed by atoms with Crippen molar-refractivity contribution in [1.29, 1.82) is 0 Å². The maximum Gasteiger partial charge on any atom is 0.294 e. The summed E-state index contributed by atoms with van der Waals surface area (Å²) in [5.41, 5.74) is 0.411. The Hall–Kier alpha value is -1.25. The van der Waals surface area contributed by atoms with Crippen LogP contribution < -0.4 is 0 Å². The number of hydrogen-bond donors (Lipinski definition) is 1. The van der Waals surface area contributed by atoms with Gasteiger partial charge in [0.25, 0.3) is 10.1 Å². The average molecular weight is 291 g/mol. The van der Waals surface area contributed by atoms with Gasteiger partial charge in [-0.3, -0.25) is 9.55 Å². The van der Waals surface area contributed by atoms with Crippen LogP contribution in [0.15, 0.2) is 34.2 Å². The molecule has 1 aromatic rings. The van der Waals surface area contributed by atoms with Gasteiger partial charge in [0.05, 0.1) is 16.3 Å². The lowest BCUT2D eigenvalue weighted by Crippen LogP contribution is -2.09. The van der Waals surface area contributed by atoms with E-state index in [4.69, 9.17) is 4.55 Å². The van der Waals surface area contributed by atoms with E-state index in [1.807, 2.05) is 0 Å². The summed E-state index contributed by atoms with van der Waals surface area (Å²) in [6, 6.07) is 5.13. The largest absolute Gasteiger partial charge is 0.294 e. The molecule has 18 heavy (non-hydrogen) atoms. The third-order valence-electron chi connectivity index (χ3n) is 2.14. The molecule has 1 rings (SSSR count). The van der Waals surface area contributed by atoms with E-state index >= 15 is 0 Å². The normalized spacial score (nSPS) is 13.0. The molecule has 0 aliphatic rings. The predicted molar refractivity (Wildman–Crippen MR) is 68.7 cm³/mol. The number of hydrogen-bond acceptors (Lipinski definition) is 5. The number of rotatable bonds is 5. The first-order valence-corrected chi connectivity index (χ1v) is 8.31. The lowest BCUT2D eigenvalue weighted by molar-refractivity contribution is 0.483. The van der Waals surface area contributed by atoms with E-state index in [-0.39, 0.29) is 16.4 Å². The van der Waals surface area contributed by atoms with E-state index in [9.17, 15) is 16.8 Å². The molecule has 0 unspecified atom stereocenters. The molecule has 0 heterocycles. The smallest absolute Gasteiger partial charge is 0.282 e. The van der Waals surface area contributed by atoms with E-state index in [1.165, 1.54) is 30.5 Å². The number of sulfone groups is 1. The molecule has 0 spiro atoms. The molecule has 1 N–H and O–H groups in total. The van der Waals surface area contributed by atoms with Gasteiger partial charge in [0.2, 0.25) is 0 Å². The molecule has 8 heteroatoms. The maximum atomic E-state index is 11.2. The summed E-state index contributed by atoms with van der Waals surface area (Å²) < 4.78 is 52.6. The molecule has 0 aromatic heterocycles. The minimum atomic E-state index is -4.22. The molecule has 0 bridgehead atoms. The van der Waals surface area contributed by atoms with Crippen molar-refractivity contribution in [2.24, 2.45) is 4.99 Å². The Balaban J connectivity index is 2.79. The van der Waals surface area contributed by atoms with Gasteiger partial charge in [0.1, 0.15) is 0 Å². The second-order valence-corrected chi connectivity index (χ2v) is 7.30. The van der Waals surface area contributed by atoms with E-state index < -0.39 is 20.0 Å². The van der Waals surface area contributed by atoms with Crippen LogP contribution in [-0.4, -0.2) is 39.1 Å². The van der Waals surface area contributed by atoms with Gasteiger partial charge in [0.15, 0.2) is 9.84 Å². The maximum absolute atomic E-state index is 11.2. The Morgan fingerprint density at radius 3 is 2.17 bits per heavy atom. The van der Waals surface area contributed by atoms with Crippen LogP contribution in [0.3, 0.4) is 0 Å². The van der Waals surface area contributed by atoms with Crippen LogP contribution in [0, 0.1) is 0 Å². The van der Waals surface area contributed by atoms with Crippen LogP contribution in [0.1, 0.15) is 6.92 Å². The van der Waals surface area contributed by atoms with Crippen molar-refractivity contribution < 1.29 is 21.4 Å². The fourth-order valence-electron chi connectivity index (χ4n) is 1.08. The summed E-state index contributed by atoms with van der Waals surface area (Å²) in [5.74, 6) is -0.121. The molecule has 100 valence electrons. The molecule has 0 aliphatic heterocycles. The number of nitrogens with zero attached hydrogens (tertiary/aromatic N) is 1. The van der Waals surface area contributed by atoms with E-state index in [0.29, 0.717) is 5.69 Å². The van der Waals surface area contributed by atoms with Crippen molar-refractivity contribution in [2.75, 3.05) is 11.5 Å². The number of aliphatic imine (C=N–C) groups is 1. The molecule has 0 fully saturated rings. The van der Waals surface area contributed by atoms with Crippen LogP contribution in [0.2, 0.25) is 0 Å². The second-order valence-electron chi connectivity index (χ2n) is 3.48. The highest BCUT2D eigenvalue weighted by Crippen LogP contribution is 2.15. The molecule has 0 atom stereocenters. The average Bonchev–Trinajstić information content (AvgIpc) is 2.28. The lowest BCUT2D eigenvalue weighted by atomic mass is 10.3. The Labute approximate surface area is 106 Å². The minimum absolute atomic E-state index is 0.0424.